The SMILES string of the molecule is CC(C)CNc1nnc(SC(C)C(=O)NC2CCCC2)s1. The van der Waals surface area contributed by atoms with Crippen molar-refractivity contribution < 1.29 is 4.79 Å². The molecule has 0 bridgehead atoms. The molecule has 21 heavy (non-hydrogen) atoms. The summed E-state index contributed by atoms with van der Waals surface area (Å²) in [6, 6.07) is 0.373. The van der Waals surface area contributed by atoms with E-state index in [9.17, 15) is 4.79 Å². The highest BCUT2D eigenvalue weighted by Crippen LogP contribution is 2.29. The van der Waals surface area contributed by atoms with Crippen LogP contribution in [-0.2, 0) is 4.79 Å². The lowest BCUT2D eigenvalue weighted by atomic mass is 10.2. The molecular formula is C14H24N4OS2. The van der Waals surface area contributed by atoms with Crippen LogP contribution in [0.4, 0.5) is 5.13 Å². The highest BCUT2D eigenvalue weighted by molar-refractivity contribution is 8.02. The molecule has 1 unspecified atom stereocenters. The molecule has 1 atom stereocenters. The number of aromatic nitrogens is 2. The summed E-state index contributed by atoms with van der Waals surface area (Å²) in [5.41, 5.74) is 0. The van der Waals surface area contributed by atoms with Crippen LogP contribution in [0, 0.1) is 5.92 Å². The van der Waals surface area contributed by atoms with Crippen LogP contribution < -0.4 is 10.6 Å². The van der Waals surface area contributed by atoms with E-state index in [2.05, 4.69) is 34.7 Å². The molecule has 1 amide bonds. The van der Waals surface area contributed by atoms with Crippen LogP contribution in [0.3, 0.4) is 0 Å². The average molecular weight is 329 g/mol. The quantitative estimate of drug-likeness (QED) is 0.753. The van der Waals surface area contributed by atoms with Crippen LogP contribution in [-0.4, -0.2) is 33.9 Å². The van der Waals surface area contributed by atoms with E-state index < -0.39 is 0 Å². The lowest BCUT2D eigenvalue weighted by Gasteiger charge is -2.15. The average Bonchev–Trinajstić information content (AvgIpc) is 3.08. The molecule has 0 radical (unpaired) electrons. The normalized spacial score (nSPS) is 17.1. The molecule has 1 aromatic heterocycles. The van der Waals surface area contributed by atoms with Crippen molar-refractivity contribution in [1.29, 1.82) is 0 Å². The van der Waals surface area contributed by atoms with E-state index in [0.29, 0.717) is 12.0 Å². The molecule has 1 fully saturated rings. The van der Waals surface area contributed by atoms with Crippen molar-refractivity contribution in [2.45, 2.75) is 62.1 Å². The van der Waals surface area contributed by atoms with Gasteiger partial charge in [0.05, 0.1) is 5.25 Å². The first-order valence-electron chi connectivity index (χ1n) is 7.59. The van der Waals surface area contributed by atoms with Gasteiger partial charge in [-0.05, 0) is 25.7 Å². The monoisotopic (exact) mass is 328 g/mol. The first kappa shape index (κ1) is 16.5. The minimum Gasteiger partial charge on any atom is -0.360 e. The number of amides is 1. The van der Waals surface area contributed by atoms with Crippen molar-refractivity contribution in [2.24, 2.45) is 5.92 Å². The molecule has 7 heteroatoms. The predicted octanol–water partition coefficient (Wildman–Crippen LogP) is 3.15. The van der Waals surface area contributed by atoms with E-state index in [0.717, 1.165) is 28.9 Å². The Kier molecular flexibility index (Phi) is 6.29. The van der Waals surface area contributed by atoms with E-state index in [4.69, 9.17) is 0 Å². The third kappa shape index (κ3) is 5.47. The van der Waals surface area contributed by atoms with E-state index in [-0.39, 0.29) is 11.2 Å². The fourth-order valence-corrected chi connectivity index (χ4v) is 4.13. The number of anilines is 1. The van der Waals surface area contributed by atoms with Crippen LogP contribution in [0.25, 0.3) is 0 Å². The Labute approximate surface area is 134 Å². The van der Waals surface area contributed by atoms with Gasteiger partial charge in [0.2, 0.25) is 11.0 Å². The van der Waals surface area contributed by atoms with Gasteiger partial charge >= 0.3 is 0 Å². The molecule has 1 aliphatic rings. The summed E-state index contributed by atoms with van der Waals surface area (Å²) in [6.07, 6.45) is 4.69. The van der Waals surface area contributed by atoms with Gasteiger partial charge in [0, 0.05) is 12.6 Å². The molecule has 1 heterocycles. The second kappa shape index (κ2) is 7.98. The van der Waals surface area contributed by atoms with Crippen molar-refractivity contribution in [1.82, 2.24) is 15.5 Å². The van der Waals surface area contributed by atoms with Crippen molar-refractivity contribution >= 4 is 34.1 Å². The highest BCUT2D eigenvalue weighted by atomic mass is 32.2. The van der Waals surface area contributed by atoms with E-state index in [1.807, 2.05) is 6.92 Å². The second-order valence-corrected chi connectivity index (χ2v) is 8.46. The molecule has 0 aromatic carbocycles. The third-order valence-corrected chi connectivity index (χ3v) is 5.48. The van der Waals surface area contributed by atoms with Gasteiger partial charge < -0.3 is 10.6 Å². The highest BCUT2D eigenvalue weighted by Gasteiger charge is 2.22. The number of carbonyl (C=O) groups excluding carboxylic acids is 1. The second-order valence-electron chi connectivity index (χ2n) is 5.90. The zero-order chi connectivity index (χ0) is 15.2. The molecule has 0 aliphatic heterocycles. The maximum Gasteiger partial charge on any atom is 0.233 e. The molecule has 1 aromatic rings. The smallest absolute Gasteiger partial charge is 0.233 e. The van der Waals surface area contributed by atoms with Gasteiger partial charge in [0.25, 0.3) is 0 Å². The fourth-order valence-electron chi connectivity index (χ4n) is 2.21. The Morgan fingerprint density at radius 1 is 1.33 bits per heavy atom. The lowest BCUT2D eigenvalue weighted by molar-refractivity contribution is -0.120. The minimum absolute atomic E-state index is 0.110. The Bertz CT molecular complexity index is 458. The maximum absolute atomic E-state index is 12.1. The number of hydrogen-bond donors (Lipinski definition) is 2. The molecular weight excluding hydrogens is 304 g/mol. The van der Waals surface area contributed by atoms with Gasteiger partial charge in [-0.15, -0.1) is 10.2 Å². The summed E-state index contributed by atoms with van der Waals surface area (Å²) in [6.45, 7) is 7.12. The topological polar surface area (TPSA) is 66.9 Å². The summed E-state index contributed by atoms with van der Waals surface area (Å²) in [4.78, 5) is 12.1. The van der Waals surface area contributed by atoms with Crippen LogP contribution in [0.1, 0.15) is 46.5 Å². The van der Waals surface area contributed by atoms with Gasteiger partial charge in [0.15, 0.2) is 4.34 Å². The summed E-state index contributed by atoms with van der Waals surface area (Å²) in [7, 11) is 0. The first-order valence-corrected chi connectivity index (χ1v) is 9.28. The van der Waals surface area contributed by atoms with E-state index in [1.165, 1.54) is 35.9 Å². The van der Waals surface area contributed by atoms with Gasteiger partial charge in [-0.2, -0.15) is 0 Å². The van der Waals surface area contributed by atoms with Gasteiger partial charge in [0.1, 0.15) is 0 Å². The first-order chi connectivity index (χ1) is 10.0. The number of thioether (sulfide) groups is 1. The Morgan fingerprint density at radius 2 is 2.05 bits per heavy atom. The maximum atomic E-state index is 12.1. The molecule has 118 valence electrons. The molecule has 2 N–H and O–H groups in total. The van der Waals surface area contributed by atoms with Gasteiger partial charge in [-0.1, -0.05) is 49.8 Å². The van der Waals surface area contributed by atoms with E-state index >= 15 is 0 Å². The van der Waals surface area contributed by atoms with Crippen molar-refractivity contribution in [3.8, 4) is 0 Å². The van der Waals surface area contributed by atoms with Crippen LogP contribution in [0.15, 0.2) is 4.34 Å². The fraction of sp³-hybridized carbons (Fsp3) is 0.786. The van der Waals surface area contributed by atoms with Crippen LogP contribution in [0.5, 0.6) is 0 Å². The number of carbonyl (C=O) groups is 1. The number of nitrogens with zero attached hydrogens (tertiary/aromatic N) is 2. The third-order valence-electron chi connectivity index (χ3n) is 3.42. The largest absolute Gasteiger partial charge is 0.360 e. The van der Waals surface area contributed by atoms with Crippen LogP contribution in [0.2, 0.25) is 0 Å². The Hall–Kier alpha value is -0.820. The predicted molar refractivity (Wildman–Crippen MR) is 89.0 cm³/mol. The van der Waals surface area contributed by atoms with Crippen LogP contribution >= 0.6 is 23.1 Å². The summed E-state index contributed by atoms with van der Waals surface area (Å²) >= 11 is 3.00. The number of nitrogens with one attached hydrogen (secondary N) is 2. The minimum atomic E-state index is -0.128. The molecule has 2 rings (SSSR count). The zero-order valence-corrected chi connectivity index (χ0v) is 14.5. The Balaban J connectivity index is 1.78. The molecule has 1 aliphatic carbocycles. The standard InChI is InChI=1S/C14H24N4OS2/c1-9(2)8-15-13-17-18-14(21-13)20-10(3)12(19)16-11-6-4-5-7-11/h9-11H,4-8H2,1-3H3,(H,15,17)(H,16,19). The van der Waals surface area contributed by atoms with Gasteiger partial charge in [-0.25, -0.2) is 0 Å². The van der Waals surface area contributed by atoms with Gasteiger partial charge in [-0.3, -0.25) is 4.79 Å². The summed E-state index contributed by atoms with van der Waals surface area (Å²) < 4.78 is 0.843. The van der Waals surface area contributed by atoms with Crippen molar-refractivity contribution in [3.63, 3.8) is 0 Å². The molecule has 0 spiro atoms. The molecule has 5 nitrogen and oxygen atoms in total. The summed E-state index contributed by atoms with van der Waals surface area (Å²) in [5, 5.41) is 15.3. The zero-order valence-electron chi connectivity index (χ0n) is 12.9. The lowest BCUT2D eigenvalue weighted by Crippen LogP contribution is -2.37. The number of hydrogen-bond acceptors (Lipinski definition) is 6. The van der Waals surface area contributed by atoms with Crippen molar-refractivity contribution in [3.05, 3.63) is 0 Å². The Morgan fingerprint density at radius 3 is 2.71 bits per heavy atom. The summed E-state index contributed by atoms with van der Waals surface area (Å²) in [5.74, 6) is 0.680. The van der Waals surface area contributed by atoms with E-state index in [1.54, 1.807) is 0 Å². The molecule has 0 saturated heterocycles. The van der Waals surface area contributed by atoms with Crippen molar-refractivity contribution in [2.75, 3.05) is 11.9 Å². The number of rotatable bonds is 7. The molecule has 1 saturated carbocycles.